The van der Waals surface area contributed by atoms with E-state index in [-0.39, 0.29) is 0 Å². The maximum atomic E-state index is 4.13. The van der Waals surface area contributed by atoms with E-state index in [1.54, 1.807) is 0 Å². The third-order valence-electron chi connectivity index (χ3n) is 2.54. The first-order valence-corrected chi connectivity index (χ1v) is 4.54. The Balaban J connectivity index is 2.23. The largest absolute Gasteiger partial charge is 0.299 e. The molecule has 0 saturated carbocycles. The minimum absolute atomic E-state index is 1.11. The van der Waals surface area contributed by atoms with Gasteiger partial charge in [-0.05, 0) is 30.2 Å². The van der Waals surface area contributed by atoms with E-state index in [2.05, 4.69) is 22.9 Å². The number of fused-ring (bicyclic) bond motifs is 1. The summed E-state index contributed by atoms with van der Waals surface area (Å²) in [5.74, 6) is 0. The van der Waals surface area contributed by atoms with Gasteiger partial charge in [0.1, 0.15) is 0 Å². The first-order valence-electron chi connectivity index (χ1n) is 4.54. The summed E-state index contributed by atoms with van der Waals surface area (Å²) in [6, 6.07) is 2.14. The Hall–Kier alpha value is -0.890. The molecule has 2 nitrogen and oxygen atoms in total. The van der Waals surface area contributed by atoms with Crippen LogP contribution in [0.25, 0.3) is 0 Å². The topological polar surface area (TPSA) is 16.1 Å². The van der Waals surface area contributed by atoms with Gasteiger partial charge in [0.15, 0.2) is 0 Å². The molecule has 12 heavy (non-hydrogen) atoms. The molecular formula is C10H14N2. The standard InChI is InChI=1S/C10H14N2/c1-2-12-6-4-9-7-11-5-3-10(9)8-12/h3,5,7H,2,4,6,8H2,1H3. The van der Waals surface area contributed by atoms with E-state index in [1.165, 1.54) is 17.7 Å². The van der Waals surface area contributed by atoms with Crippen molar-refractivity contribution in [3.8, 4) is 0 Å². The molecule has 0 saturated heterocycles. The summed E-state index contributed by atoms with van der Waals surface area (Å²) in [6.45, 7) is 5.66. The summed E-state index contributed by atoms with van der Waals surface area (Å²) >= 11 is 0. The first-order chi connectivity index (χ1) is 5.90. The Morgan fingerprint density at radius 2 is 2.42 bits per heavy atom. The third-order valence-corrected chi connectivity index (χ3v) is 2.54. The fraction of sp³-hybridized carbons (Fsp3) is 0.500. The predicted molar refractivity (Wildman–Crippen MR) is 48.9 cm³/mol. The zero-order valence-corrected chi connectivity index (χ0v) is 7.45. The molecule has 2 heterocycles. The highest BCUT2D eigenvalue weighted by atomic mass is 15.1. The van der Waals surface area contributed by atoms with Gasteiger partial charge in [-0.2, -0.15) is 0 Å². The molecule has 2 rings (SSSR count). The molecule has 0 bridgehead atoms. The molecule has 0 aromatic carbocycles. The van der Waals surface area contributed by atoms with Gasteiger partial charge in [0.2, 0.25) is 0 Å². The molecular weight excluding hydrogens is 148 g/mol. The van der Waals surface area contributed by atoms with E-state index in [9.17, 15) is 0 Å². The molecule has 0 fully saturated rings. The van der Waals surface area contributed by atoms with Crippen LogP contribution in [-0.4, -0.2) is 23.0 Å². The van der Waals surface area contributed by atoms with Gasteiger partial charge >= 0.3 is 0 Å². The minimum atomic E-state index is 1.11. The maximum absolute atomic E-state index is 4.13. The fourth-order valence-electron chi connectivity index (χ4n) is 1.70. The Labute approximate surface area is 73.2 Å². The number of likely N-dealkylation sites (N-methyl/N-ethyl adjacent to an activating group) is 1. The summed E-state index contributed by atoms with van der Waals surface area (Å²) in [4.78, 5) is 6.59. The molecule has 1 aliphatic rings. The van der Waals surface area contributed by atoms with Gasteiger partial charge in [0.25, 0.3) is 0 Å². The number of pyridine rings is 1. The van der Waals surface area contributed by atoms with Crippen molar-refractivity contribution in [2.24, 2.45) is 0 Å². The van der Waals surface area contributed by atoms with Crippen LogP contribution in [0.2, 0.25) is 0 Å². The van der Waals surface area contributed by atoms with Crippen molar-refractivity contribution in [3.63, 3.8) is 0 Å². The van der Waals surface area contributed by atoms with Crippen LogP contribution in [0.4, 0.5) is 0 Å². The van der Waals surface area contributed by atoms with Gasteiger partial charge in [-0.3, -0.25) is 9.88 Å². The smallest absolute Gasteiger partial charge is 0.0303 e. The first kappa shape index (κ1) is 7.74. The highest BCUT2D eigenvalue weighted by Crippen LogP contribution is 2.16. The maximum Gasteiger partial charge on any atom is 0.0303 e. The molecule has 64 valence electrons. The van der Waals surface area contributed by atoms with Crippen LogP contribution in [0.5, 0.6) is 0 Å². The lowest BCUT2D eigenvalue weighted by atomic mass is 10.0. The van der Waals surface area contributed by atoms with E-state index in [0.29, 0.717) is 0 Å². The Morgan fingerprint density at radius 3 is 3.25 bits per heavy atom. The normalized spacial score (nSPS) is 17.4. The van der Waals surface area contributed by atoms with Crippen LogP contribution >= 0.6 is 0 Å². The minimum Gasteiger partial charge on any atom is -0.299 e. The summed E-state index contributed by atoms with van der Waals surface area (Å²) in [5, 5.41) is 0. The van der Waals surface area contributed by atoms with Gasteiger partial charge in [-0.1, -0.05) is 6.92 Å². The molecule has 0 N–H and O–H groups in total. The molecule has 1 aliphatic heterocycles. The molecule has 0 aliphatic carbocycles. The molecule has 1 aromatic heterocycles. The molecule has 0 unspecified atom stereocenters. The van der Waals surface area contributed by atoms with Crippen molar-refractivity contribution in [3.05, 3.63) is 29.6 Å². The molecule has 0 atom stereocenters. The second-order valence-electron chi connectivity index (χ2n) is 3.26. The fourth-order valence-corrected chi connectivity index (χ4v) is 1.70. The van der Waals surface area contributed by atoms with E-state index >= 15 is 0 Å². The van der Waals surface area contributed by atoms with Gasteiger partial charge in [0.05, 0.1) is 0 Å². The lowest BCUT2D eigenvalue weighted by molar-refractivity contribution is 0.268. The Kier molecular flexibility index (Phi) is 2.09. The lowest BCUT2D eigenvalue weighted by Gasteiger charge is -2.26. The highest BCUT2D eigenvalue weighted by Gasteiger charge is 2.13. The van der Waals surface area contributed by atoms with E-state index in [0.717, 1.165) is 19.5 Å². The molecule has 0 spiro atoms. The SMILES string of the molecule is CCN1CCc2cnccc2C1. The van der Waals surface area contributed by atoms with Crippen LogP contribution in [0.15, 0.2) is 18.5 Å². The van der Waals surface area contributed by atoms with Crippen LogP contribution < -0.4 is 0 Å². The lowest BCUT2D eigenvalue weighted by Crippen LogP contribution is -2.30. The van der Waals surface area contributed by atoms with Crippen molar-refractivity contribution < 1.29 is 0 Å². The summed E-state index contributed by atoms with van der Waals surface area (Å²) in [5.41, 5.74) is 2.89. The van der Waals surface area contributed by atoms with Crippen LogP contribution in [0.3, 0.4) is 0 Å². The van der Waals surface area contributed by atoms with Crippen LogP contribution in [0.1, 0.15) is 18.1 Å². The average molecular weight is 162 g/mol. The van der Waals surface area contributed by atoms with Crippen molar-refractivity contribution in [2.75, 3.05) is 13.1 Å². The van der Waals surface area contributed by atoms with Gasteiger partial charge in [-0.25, -0.2) is 0 Å². The number of rotatable bonds is 1. The monoisotopic (exact) mass is 162 g/mol. The van der Waals surface area contributed by atoms with Crippen molar-refractivity contribution in [1.82, 2.24) is 9.88 Å². The molecule has 0 amide bonds. The van der Waals surface area contributed by atoms with Crippen LogP contribution in [0, 0.1) is 0 Å². The predicted octanol–water partition coefficient (Wildman–Crippen LogP) is 1.46. The van der Waals surface area contributed by atoms with Gasteiger partial charge < -0.3 is 0 Å². The molecule has 0 radical (unpaired) electrons. The van der Waals surface area contributed by atoms with Crippen molar-refractivity contribution in [2.45, 2.75) is 19.9 Å². The quantitative estimate of drug-likeness (QED) is 0.621. The second-order valence-corrected chi connectivity index (χ2v) is 3.26. The summed E-state index contributed by atoms with van der Waals surface area (Å²) in [6.07, 6.45) is 5.05. The zero-order valence-electron chi connectivity index (χ0n) is 7.45. The molecule has 2 heteroatoms. The number of hydrogen-bond donors (Lipinski definition) is 0. The van der Waals surface area contributed by atoms with E-state index in [1.807, 2.05) is 12.4 Å². The zero-order chi connectivity index (χ0) is 8.39. The summed E-state index contributed by atoms with van der Waals surface area (Å²) < 4.78 is 0. The average Bonchev–Trinajstić information content (AvgIpc) is 2.17. The van der Waals surface area contributed by atoms with Crippen molar-refractivity contribution >= 4 is 0 Å². The third kappa shape index (κ3) is 1.34. The van der Waals surface area contributed by atoms with Crippen molar-refractivity contribution in [1.29, 1.82) is 0 Å². The van der Waals surface area contributed by atoms with Gasteiger partial charge in [-0.15, -0.1) is 0 Å². The Morgan fingerprint density at radius 1 is 1.50 bits per heavy atom. The Bertz CT molecular complexity index is 270. The number of nitrogens with zero attached hydrogens (tertiary/aromatic N) is 2. The number of aromatic nitrogens is 1. The highest BCUT2D eigenvalue weighted by molar-refractivity contribution is 5.25. The second kappa shape index (κ2) is 3.23. The molecule has 1 aromatic rings. The van der Waals surface area contributed by atoms with Gasteiger partial charge in [0, 0.05) is 25.5 Å². The summed E-state index contributed by atoms with van der Waals surface area (Å²) in [7, 11) is 0. The van der Waals surface area contributed by atoms with E-state index in [4.69, 9.17) is 0 Å². The van der Waals surface area contributed by atoms with Crippen LogP contribution in [-0.2, 0) is 13.0 Å². The number of hydrogen-bond acceptors (Lipinski definition) is 2. The van der Waals surface area contributed by atoms with E-state index < -0.39 is 0 Å².